The van der Waals surface area contributed by atoms with Gasteiger partial charge in [0.25, 0.3) is 0 Å². The zero-order valence-corrected chi connectivity index (χ0v) is 16.3. The van der Waals surface area contributed by atoms with Gasteiger partial charge >= 0.3 is 0 Å². The second-order valence-electron chi connectivity index (χ2n) is 6.49. The largest absolute Gasteiger partial charge is 0.340 e. The van der Waals surface area contributed by atoms with Crippen LogP contribution in [-0.2, 0) is 24.8 Å². The molecule has 0 saturated carbocycles. The van der Waals surface area contributed by atoms with Crippen molar-refractivity contribution in [2.24, 2.45) is 0 Å². The van der Waals surface area contributed by atoms with E-state index in [4.69, 9.17) is 0 Å². The molecule has 1 aromatic carbocycles. The fourth-order valence-electron chi connectivity index (χ4n) is 3.25. The van der Waals surface area contributed by atoms with Gasteiger partial charge in [-0.05, 0) is 37.1 Å². The third-order valence-corrected chi connectivity index (χ3v) is 8.67. The molecule has 0 atom stereocenters. The van der Waals surface area contributed by atoms with Crippen molar-refractivity contribution in [1.82, 2.24) is 13.5 Å². The Hall–Kier alpha value is -1.49. The lowest BCUT2D eigenvalue weighted by molar-refractivity contribution is -0.129. The number of hydrogen-bond donors (Lipinski definition) is 0. The van der Waals surface area contributed by atoms with Crippen LogP contribution in [0.25, 0.3) is 0 Å². The minimum atomic E-state index is -3.71. The highest BCUT2D eigenvalue weighted by molar-refractivity contribution is 7.89. The van der Waals surface area contributed by atoms with Gasteiger partial charge < -0.3 is 4.90 Å². The number of hydrogen-bond acceptors (Lipinski definition) is 5. The number of rotatable bonds is 4. The maximum absolute atomic E-state index is 12.7. The maximum Gasteiger partial charge on any atom is 0.243 e. The van der Waals surface area contributed by atoms with Crippen molar-refractivity contribution in [2.45, 2.75) is 29.6 Å². The van der Waals surface area contributed by atoms with Gasteiger partial charge in [0, 0.05) is 46.2 Å². The van der Waals surface area contributed by atoms with Crippen LogP contribution in [0.5, 0.6) is 0 Å². The van der Waals surface area contributed by atoms with Crippen LogP contribution in [-0.4, -0.2) is 75.5 Å². The molecule has 0 aliphatic carbocycles. The summed E-state index contributed by atoms with van der Waals surface area (Å²) in [4.78, 5) is 13.1. The van der Waals surface area contributed by atoms with Gasteiger partial charge in [0.05, 0.1) is 9.79 Å². The standard InChI is InChI=1S/C16H23N3O5S2/c1-14(20)17-10-12-19(13-11-17)26(23,24)16-6-4-15(5-7-16)25(21,22)18-8-2-3-9-18/h4-7H,2-3,8-13H2,1H3. The summed E-state index contributed by atoms with van der Waals surface area (Å²) in [5.41, 5.74) is 0. The van der Waals surface area contributed by atoms with Crippen molar-refractivity contribution in [1.29, 1.82) is 0 Å². The molecule has 144 valence electrons. The lowest BCUT2D eigenvalue weighted by Crippen LogP contribution is -2.49. The predicted molar refractivity (Wildman–Crippen MR) is 95.4 cm³/mol. The van der Waals surface area contributed by atoms with Crippen LogP contribution >= 0.6 is 0 Å². The van der Waals surface area contributed by atoms with Crippen molar-refractivity contribution < 1.29 is 21.6 Å². The van der Waals surface area contributed by atoms with E-state index in [2.05, 4.69) is 0 Å². The molecule has 2 fully saturated rings. The molecular formula is C16H23N3O5S2. The van der Waals surface area contributed by atoms with E-state index < -0.39 is 20.0 Å². The van der Waals surface area contributed by atoms with Crippen molar-refractivity contribution >= 4 is 26.0 Å². The zero-order chi connectivity index (χ0) is 18.9. The van der Waals surface area contributed by atoms with Gasteiger partial charge in [-0.15, -0.1) is 0 Å². The summed E-state index contributed by atoms with van der Waals surface area (Å²) in [5.74, 6) is -0.0708. The van der Waals surface area contributed by atoms with Crippen LogP contribution in [0.3, 0.4) is 0 Å². The van der Waals surface area contributed by atoms with E-state index in [1.165, 1.54) is 39.8 Å². The third kappa shape index (κ3) is 3.64. The number of nitrogens with zero attached hydrogens (tertiary/aromatic N) is 3. The Morgan fingerprint density at radius 2 is 1.12 bits per heavy atom. The van der Waals surface area contributed by atoms with E-state index in [-0.39, 0.29) is 28.8 Å². The molecule has 3 rings (SSSR count). The highest BCUT2D eigenvalue weighted by Gasteiger charge is 2.31. The Morgan fingerprint density at radius 3 is 1.50 bits per heavy atom. The normalized spacial score (nSPS) is 20.4. The van der Waals surface area contributed by atoms with Gasteiger partial charge in [0.15, 0.2) is 0 Å². The van der Waals surface area contributed by atoms with Gasteiger partial charge in [0.1, 0.15) is 0 Å². The van der Waals surface area contributed by atoms with E-state index in [1.807, 2.05) is 0 Å². The number of piperazine rings is 1. The molecule has 2 saturated heterocycles. The number of amides is 1. The average Bonchev–Trinajstić information content (AvgIpc) is 3.17. The molecule has 2 heterocycles. The number of carbonyl (C=O) groups excluding carboxylic acids is 1. The summed E-state index contributed by atoms with van der Waals surface area (Å²) in [6.45, 7) is 3.65. The number of benzene rings is 1. The predicted octanol–water partition coefficient (Wildman–Crippen LogP) is 0.324. The van der Waals surface area contributed by atoms with E-state index in [0.717, 1.165) is 12.8 Å². The van der Waals surface area contributed by atoms with Crippen LogP contribution in [0.4, 0.5) is 0 Å². The van der Waals surface area contributed by atoms with Crippen LogP contribution in [0.15, 0.2) is 34.1 Å². The van der Waals surface area contributed by atoms with Gasteiger partial charge in [-0.1, -0.05) is 0 Å². The molecule has 2 aliphatic heterocycles. The van der Waals surface area contributed by atoms with E-state index in [1.54, 1.807) is 4.90 Å². The van der Waals surface area contributed by atoms with Gasteiger partial charge in [-0.3, -0.25) is 4.79 Å². The maximum atomic E-state index is 12.7. The fourth-order valence-corrected chi connectivity index (χ4v) is 6.19. The lowest BCUT2D eigenvalue weighted by atomic mass is 10.3. The quantitative estimate of drug-likeness (QED) is 0.724. The summed E-state index contributed by atoms with van der Waals surface area (Å²) < 4.78 is 53.3. The van der Waals surface area contributed by atoms with E-state index in [0.29, 0.717) is 26.2 Å². The molecule has 0 aromatic heterocycles. The molecule has 26 heavy (non-hydrogen) atoms. The van der Waals surface area contributed by atoms with Gasteiger partial charge in [-0.25, -0.2) is 16.8 Å². The molecule has 10 heteroatoms. The fraction of sp³-hybridized carbons (Fsp3) is 0.562. The zero-order valence-electron chi connectivity index (χ0n) is 14.7. The minimum Gasteiger partial charge on any atom is -0.340 e. The molecule has 0 N–H and O–H groups in total. The van der Waals surface area contributed by atoms with Crippen LogP contribution < -0.4 is 0 Å². The average molecular weight is 402 g/mol. The topological polar surface area (TPSA) is 95.1 Å². The molecular weight excluding hydrogens is 378 g/mol. The van der Waals surface area contributed by atoms with Crippen LogP contribution in [0.2, 0.25) is 0 Å². The molecule has 0 unspecified atom stereocenters. The Kier molecular flexibility index (Phi) is 5.38. The van der Waals surface area contributed by atoms with Crippen LogP contribution in [0.1, 0.15) is 19.8 Å². The summed E-state index contributed by atoms with van der Waals surface area (Å²) in [5, 5.41) is 0. The van der Waals surface area contributed by atoms with E-state index in [9.17, 15) is 21.6 Å². The molecule has 0 bridgehead atoms. The SMILES string of the molecule is CC(=O)N1CCN(S(=O)(=O)c2ccc(S(=O)(=O)N3CCCC3)cc2)CC1. The summed E-state index contributed by atoms with van der Waals surface area (Å²) in [6.07, 6.45) is 1.69. The first kappa shape index (κ1) is 19.3. The highest BCUT2D eigenvalue weighted by atomic mass is 32.2. The first-order valence-electron chi connectivity index (χ1n) is 8.59. The third-order valence-electron chi connectivity index (χ3n) is 4.85. The monoisotopic (exact) mass is 401 g/mol. The highest BCUT2D eigenvalue weighted by Crippen LogP contribution is 2.24. The summed E-state index contributed by atoms with van der Waals surface area (Å²) in [7, 11) is -7.27. The molecule has 1 amide bonds. The van der Waals surface area contributed by atoms with E-state index >= 15 is 0 Å². The van der Waals surface area contributed by atoms with Crippen molar-refractivity contribution in [3.63, 3.8) is 0 Å². The summed E-state index contributed by atoms with van der Waals surface area (Å²) in [6, 6.07) is 5.39. The van der Waals surface area contributed by atoms with Crippen LogP contribution in [0, 0.1) is 0 Å². The Balaban J connectivity index is 1.76. The Labute approximate surface area is 154 Å². The minimum absolute atomic E-state index is 0.0640. The first-order valence-corrected chi connectivity index (χ1v) is 11.5. The molecule has 8 nitrogen and oxygen atoms in total. The smallest absolute Gasteiger partial charge is 0.243 e. The number of carbonyl (C=O) groups is 1. The van der Waals surface area contributed by atoms with Gasteiger partial charge in [0.2, 0.25) is 26.0 Å². The van der Waals surface area contributed by atoms with Crippen molar-refractivity contribution in [3.05, 3.63) is 24.3 Å². The Morgan fingerprint density at radius 1 is 0.731 bits per heavy atom. The Bertz CT molecular complexity index is 867. The second kappa shape index (κ2) is 7.26. The molecule has 0 radical (unpaired) electrons. The second-order valence-corrected chi connectivity index (χ2v) is 10.4. The summed E-state index contributed by atoms with van der Waals surface area (Å²) >= 11 is 0. The number of sulfonamides is 2. The van der Waals surface area contributed by atoms with Crippen molar-refractivity contribution in [3.8, 4) is 0 Å². The van der Waals surface area contributed by atoms with Gasteiger partial charge in [-0.2, -0.15) is 8.61 Å². The molecule has 1 aromatic rings. The first-order chi connectivity index (χ1) is 12.2. The molecule has 2 aliphatic rings. The lowest BCUT2D eigenvalue weighted by Gasteiger charge is -2.33. The molecule has 0 spiro atoms. The van der Waals surface area contributed by atoms with Crippen molar-refractivity contribution in [2.75, 3.05) is 39.3 Å².